The van der Waals surface area contributed by atoms with E-state index in [4.69, 9.17) is 11.6 Å². The van der Waals surface area contributed by atoms with Crippen LogP contribution in [0.5, 0.6) is 0 Å². The lowest BCUT2D eigenvalue weighted by atomic mass is 10.1. The van der Waals surface area contributed by atoms with Crippen molar-refractivity contribution in [2.45, 2.75) is 13.8 Å². The summed E-state index contributed by atoms with van der Waals surface area (Å²) >= 11 is 5.96. The highest BCUT2D eigenvalue weighted by Gasteiger charge is 2.17. The van der Waals surface area contributed by atoms with E-state index in [9.17, 15) is 4.79 Å². The molecule has 1 saturated heterocycles. The number of carbonyl (C=O) groups excluding carboxylic acids is 1. The van der Waals surface area contributed by atoms with Crippen LogP contribution in [0, 0.1) is 13.8 Å². The number of benzene rings is 2. The number of hydrogen-bond acceptors (Lipinski definition) is 3. The van der Waals surface area contributed by atoms with Crippen molar-refractivity contribution in [3.63, 3.8) is 0 Å². The second-order valence-electron chi connectivity index (χ2n) is 6.86. The summed E-state index contributed by atoms with van der Waals surface area (Å²) in [5.41, 5.74) is 4.31. The Labute approximate surface area is 160 Å². The van der Waals surface area contributed by atoms with Gasteiger partial charge in [-0.05, 0) is 61.4 Å². The summed E-state index contributed by atoms with van der Waals surface area (Å²) in [6.07, 6.45) is 0. The second kappa shape index (κ2) is 8.56. The van der Waals surface area contributed by atoms with Crippen LogP contribution in [0.4, 0.5) is 5.69 Å². The first-order valence-corrected chi connectivity index (χ1v) is 9.49. The monoisotopic (exact) mass is 371 g/mol. The molecule has 138 valence electrons. The van der Waals surface area contributed by atoms with E-state index in [2.05, 4.69) is 34.2 Å². The van der Waals surface area contributed by atoms with E-state index < -0.39 is 0 Å². The second-order valence-corrected chi connectivity index (χ2v) is 7.30. The molecule has 1 fully saturated rings. The maximum Gasteiger partial charge on any atom is 0.251 e. The number of aryl methyl sites for hydroxylation is 2. The van der Waals surface area contributed by atoms with E-state index in [0.717, 1.165) is 48.9 Å². The third kappa shape index (κ3) is 4.77. The molecule has 3 rings (SSSR count). The largest absolute Gasteiger partial charge is 0.369 e. The van der Waals surface area contributed by atoms with Crippen LogP contribution < -0.4 is 10.2 Å². The van der Waals surface area contributed by atoms with Gasteiger partial charge in [0.25, 0.3) is 5.91 Å². The SMILES string of the molecule is Cc1ccc(C(=O)NCCN2CCN(c3ccc(Cl)cc3)CC2)cc1C. The predicted octanol–water partition coefficient (Wildman–Crippen LogP) is 3.51. The van der Waals surface area contributed by atoms with E-state index in [0.29, 0.717) is 6.54 Å². The molecule has 1 aliphatic heterocycles. The number of piperazine rings is 1. The van der Waals surface area contributed by atoms with E-state index in [1.807, 2.05) is 37.3 Å². The van der Waals surface area contributed by atoms with Crippen molar-refractivity contribution in [2.75, 3.05) is 44.2 Å². The van der Waals surface area contributed by atoms with Crippen molar-refractivity contribution in [2.24, 2.45) is 0 Å². The van der Waals surface area contributed by atoms with Gasteiger partial charge in [-0.3, -0.25) is 9.69 Å². The number of halogens is 1. The average Bonchev–Trinajstić information content (AvgIpc) is 2.65. The standard InChI is InChI=1S/C21H26ClN3O/c1-16-3-4-18(15-17(16)2)21(26)23-9-10-24-11-13-25(14-12-24)20-7-5-19(22)6-8-20/h3-8,15H,9-14H2,1-2H3,(H,23,26). The first-order valence-electron chi connectivity index (χ1n) is 9.11. The minimum absolute atomic E-state index is 0.00732. The normalized spacial score (nSPS) is 15.1. The summed E-state index contributed by atoms with van der Waals surface area (Å²) in [5, 5.41) is 3.80. The molecule has 0 aliphatic carbocycles. The molecule has 1 aliphatic rings. The summed E-state index contributed by atoms with van der Waals surface area (Å²) in [4.78, 5) is 17.0. The minimum atomic E-state index is 0.00732. The molecule has 0 radical (unpaired) electrons. The molecule has 0 spiro atoms. The third-order valence-corrected chi connectivity index (χ3v) is 5.30. The average molecular weight is 372 g/mol. The van der Waals surface area contributed by atoms with Crippen LogP contribution in [0.1, 0.15) is 21.5 Å². The molecule has 1 heterocycles. The van der Waals surface area contributed by atoms with Gasteiger partial charge in [-0.15, -0.1) is 0 Å². The highest BCUT2D eigenvalue weighted by atomic mass is 35.5. The molecule has 0 aromatic heterocycles. The zero-order chi connectivity index (χ0) is 18.5. The number of rotatable bonds is 5. The van der Waals surface area contributed by atoms with Gasteiger partial charge < -0.3 is 10.2 Å². The van der Waals surface area contributed by atoms with Crippen molar-refractivity contribution in [1.82, 2.24) is 10.2 Å². The molecule has 1 N–H and O–H groups in total. The first-order chi connectivity index (χ1) is 12.5. The quantitative estimate of drug-likeness (QED) is 0.873. The molecule has 1 amide bonds. The predicted molar refractivity (Wildman–Crippen MR) is 108 cm³/mol. The Morgan fingerprint density at radius 1 is 1.00 bits per heavy atom. The maximum atomic E-state index is 12.3. The lowest BCUT2D eigenvalue weighted by molar-refractivity contribution is 0.0947. The number of anilines is 1. The molecule has 2 aromatic carbocycles. The van der Waals surface area contributed by atoms with Gasteiger partial charge in [0.05, 0.1) is 0 Å². The van der Waals surface area contributed by atoms with Gasteiger partial charge >= 0.3 is 0 Å². The van der Waals surface area contributed by atoms with Gasteiger partial charge in [0.2, 0.25) is 0 Å². The van der Waals surface area contributed by atoms with Crippen LogP contribution in [0.3, 0.4) is 0 Å². The maximum absolute atomic E-state index is 12.3. The van der Waals surface area contributed by atoms with Gasteiger partial charge in [0.15, 0.2) is 0 Å². The topological polar surface area (TPSA) is 35.6 Å². The van der Waals surface area contributed by atoms with Gasteiger partial charge in [0.1, 0.15) is 0 Å². The number of nitrogens with zero attached hydrogens (tertiary/aromatic N) is 2. The lowest BCUT2D eigenvalue weighted by Crippen LogP contribution is -2.48. The molecule has 26 heavy (non-hydrogen) atoms. The number of nitrogens with one attached hydrogen (secondary N) is 1. The Balaban J connectivity index is 1.41. The Bertz CT molecular complexity index is 752. The molecule has 2 aromatic rings. The summed E-state index contributed by atoms with van der Waals surface area (Å²) in [7, 11) is 0. The van der Waals surface area contributed by atoms with Crippen molar-refractivity contribution in [3.05, 3.63) is 64.2 Å². The molecular formula is C21H26ClN3O. The fourth-order valence-corrected chi connectivity index (χ4v) is 3.32. The van der Waals surface area contributed by atoms with Crippen LogP contribution in [-0.2, 0) is 0 Å². The Morgan fingerprint density at radius 2 is 1.69 bits per heavy atom. The van der Waals surface area contributed by atoms with E-state index in [1.165, 1.54) is 11.3 Å². The van der Waals surface area contributed by atoms with Crippen molar-refractivity contribution < 1.29 is 4.79 Å². The van der Waals surface area contributed by atoms with Crippen molar-refractivity contribution >= 4 is 23.2 Å². The molecular weight excluding hydrogens is 346 g/mol. The van der Waals surface area contributed by atoms with Crippen molar-refractivity contribution in [3.8, 4) is 0 Å². The van der Waals surface area contributed by atoms with Gasteiger partial charge in [0, 0.05) is 55.5 Å². The smallest absolute Gasteiger partial charge is 0.251 e. The molecule has 0 saturated carbocycles. The number of hydrogen-bond donors (Lipinski definition) is 1. The molecule has 0 unspecified atom stereocenters. The number of carbonyl (C=O) groups is 1. The van der Waals surface area contributed by atoms with Crippen LogP contribution in [0.2, 0.25) is 5.02 Å². The van der Waals surface area contributed by atoms with Crippen LogP contribution in [0.25, 0.3) is 0 Å². The number of amides is 1. The highest BCUT2D eigenvalue weighted by molar-refractivity contribution is 6.30. The molecule has 0 atom stereocenters. The Hall–Kier alpha value is -2.04. The van der Waals surface area contributed by atoms with E-state index in [-0.39, 0.29) is 5.91 Å². The summed E-state index contributed by atoms with van der Waals surface area (Å²) in [6.45, 7) is 9.63. The summed E-state index contributed by atoms with van der Waals surface area (Å²) in [5.74, 6) is 0.00732. The highest BCUT2D eigenvalue weighted by Crippen LogP contribution is 2.19. The molecule has 4 nitrogen and oxygen atoms in total. The Morgan fingerprint density at radius 3 is 2.35 bits per heavy atom. The summed E-state index contributed by atoms with van der Waals surface area (Å²) < 4.78 is 0. The van der Waals surface area contributed by atoms with Crippen LogP contribution >= 0.6 is 11.6 Å². The third-order valence-electron chi connectivity index (χ3n) is 5.05. The van der Waals surface area contributed by atoms with Crippen LogP contribution in [0.15, 0.2) is 42.5 Å². The van der Waals surface area contributed by atoms with Gasteiger partial charge in [-0.25, -0.2) is 0 Å². The zero-order valence-electron chi connectivity index (χ0n) is 15.5. The van der Waals surface area contributed by atoms with Gasteiger partial charge in [-0.2, -0.15) is 0 Å². The Kier molecular flexibility index (Phi) is 6.17. The van der Waals surface area contributed by atoms with E-state index in [1.54, 1.807) is 0 Å². The fraction of sp³-hybridized carbons (Fsp3) is 0.381. The van der Waals surface area contributed by atoms with Crippen molar-refractivity contribution in [1.29, 1.82) is 0 Å². The fourth-order valence-electron chi connectivity index (χ4n) is 3.19. The first kappa shape index (κ1) is 18.7. The lowest BCUT2D eigenvalue weighted by Gasteiger charge is -2.36. The van der Waals surface area contributed by atoms with Crippen LogP contribution in [-0.4, -0.2) is 50.1 Å². The molecule has 5 heteroatoms. The van der Waals surface area contributed by atoms with Gasteiger partial charge in [-0.1, -0.05) is 17.7 Å². The zero-order valence-corrected chi connectivity index (χ0v) is 16.2. The van der Waals surface area contributed by atoms with E-state index >= 15 is 0 Å². The summed E-state index contributed by atoms with van der Waals surface area (Å²) in [6, 6.07) is 13.9. The molecule has 0 bridgehead atoms. The minimum Gasteiger partial charge on any atom is -0.369 e.